The molecule has 5 heterocycles. The zero-order valence-electron chi connectivity index (χ0n) is 24.7. The maximum absolute atomic E-state index is 14.7. The van der Waals surface area contributed by atoms with E-state index < -0.39 is 5.82 Å². The fourth-order valence-corrected chi connectivity index (χ4v) is 5.66. The minimum absolute atomic E-state index is 0.235. The first kappa shape index (κ1) is 27.9. The van der Waals surface area contributed by atoms with Gasteiger partial charge in [0.1, 0.15) is 29.6 Å². The van der Waals surface area contributed by atoms with Crippen molar-refractivity contribution in [1.29, 1.82) is 0 Å². The first-order valence-corrected chi connectivity index (χ1v) is 14.9. The van der Waals surface area contributed by atoms with Gasteiger partial charge in [0, 0.05) is 41.5 Å². The van der Waals surface area contributed by atoms with Gasteiger partial charge in [0.15, 0.2) is 5.82 Å². The quantitative estimate of drug-likeness (QED) is 0.198. The molecule has 1 aliphatic rings. The monoisotopic (exact) mass is 592 g/mol. The summed E-state index contributed by atoms with van der Waals surface area (Å²) in [5.74, 6) is 1.38. The predicted octanol–water partition coefficient (Wildman–Crippen LogP) is 6.42. The van der Waals surface area contributed by atoms with Crippen LogP contribution in [0.3, 0.4) is 0 Å². The van der Waals surface area contributed by atoms with Gasteiger partial charge in [-0.15, -0.1) is 0 Å². The van der Waals surface area contributed by atoms with E-state index in [1.165, 1.54) is 31.4 Å². The largest absolute Gasteiger partial charge is 0.492 e. The first-order valence-electron chi connectivity index (χ1n) is 14.9. The number of fused-ring (bicyclic) bond motifs is 2. The number of hydrogen-bond donors (Lipinski definition) is 2. The number of ether oxygens (including phenoxy) is 2. The molecular formula is C33H33FN8O2. The summed E-state index contributed by atoms with van der Waals surface area (Å²) in [6.07, 6.45) is 14.8. The van der Waals surface area contributed by atoms with Crippen LogP contribution < -0.4 is 9.47 Å². The van der Waals surface area contributed by atoms with E-state index in [0.717, 1.165) is 47.3 Å². The Bertz CT molecular complexity index is 1930. The second kappa shape index (κ2) is 12.0. The number of imidazole rings is 1. The van der Waals surface area contributed by atoms with Crippen molar-refractivity contribution in [3.63, 3.8) is 0 Å². The van der Waals surface area contributed by atoms with E-state index in [0.29, 0.717) is 46.0 Å². The van der Waals surface area contributed by atoms with Crippen LogP contribution in [0.4, 0.5) is 4.39 Å². The van der Waals surface area contributed by atoms with Gasteiger partial charge in [-0.05, 0) is 69.6 Å². The molecule has 0 unspecified atom stereocenters. The summed E-state index contributed by atoms with van der Waals surface area (Å²) in [5.41, 5.74) is 5.70. The van der Waals surface area contributed by atoms with Crippen LogP contribution in [0, 0.1) is 5.82 Å². The van der Waals surface area contributed by atoms with Crippen LogP contribution in [0.2, 0.25) is 0 Å². The number of pyridine rings is 3. The summed E-state index contributed by atoms with van der Waals surface area (Å²) in [7, 11) is 3.92. The molecule has 6 aromatic rings. The Kier molecular flexibility index (Phi) is 7.61. The number of hydrogen-bond acceptors (Lipinski definition) is 8. The number of benzene rings is 1. The lowest BCUT2D eigenvalue weighted by Crippen LogP contribution is -2.19. The molecule has 0 aliphatic heterocycles. The third-order valence-electron chi connectivity index (χ3n) is 7.92. The maximum Gasteiger partial charge on any atom is 0.159 e. The maximum atomic E-state index is 14.7. The van der Waals surface area contributed by atoms with Crippen LogP contribution >= 0.6 is 0 Å². The van der Waals surface area contributed by atoms with Crippen LogP contribution in [0.15, 0.2) is 61.3 Å². The number of halogens is 1. The van der Waals surface area contributed by atoms with Crippen LogP contribution in [-0.4, -0.2) is 73.4 Å². The minimum Gasteiger partial charge on any atom is -0.492 e. The lowest BCUT2D eigenvalue weighted by Gasteiger charge is -2.22. The Morgan fingerprint density at radius 2 is 1.73 bits per heavy atom. The van der Waals surface area contributed by atoms with E-state index >= 15 is 0 Å². The second-order valence-electron chi connectivity index (χ2n) is 11.5. The molecule has 2 N–H and O–H groups in total. The molecule has 0 amide bonds. The number of rotatable bonds is 9. The Morgan fingerprint density at radius 1 is 0.886 bits per heavy atom. The van der Waals surface area contributed by atoms with Gasteiger partial charge in [-0.1, -0.05) is 6.42 Å². The summed E-state index contributed by atoms with van der Waals surface area (Å²) in [4.78, 5) is 23.7. The van der Waals surface area contributed by atoms with Crippen molar-refractivity contribution >= 4 is 21.9 Å². The molecule has 1 aliphatic carbocycles. The molecule has 0 radical (unpaired) electrons. The fraction of sp³-hybridized carbons (Fsp3) is 0.303. The van der Waals surface area contributed by atoms with Crippen molar-refractivity contribution in [3.05, 3.63) is 67.1 Å². The van der Waals surface area contributed by atoms with Gasteiger partial charge in [-0.2, -0.15) is 5.10 Å². The first-order chi connectivity index (χ1) is 21.5. The molecule has 7 rings (SSSR count). The van der Waals surface area contributed by atoms with E-state index in [1.54, 1.807) is 31.0 Å². The van der Waals surface area contributed by atoms with Crippen LogP contribution in [0.1, 0.15) is 32.1 Å². The highest BCUT2D eigenvalue weighted by Crippen LogP contribution is 2.34. The second-order valence-corrected chi connectivity index (χ2v) is 11.5. The Morgan fingerprint density at radius 3 is 2.59 bits per heavy atom. The summed E-state index contributed by atoms with van der Waals surface area (Å²) in [5, 5.41) is 8.48. The fourth-order valence-electron chi connectivity index (χ4n) is 5.66. The lowest BCUT2D eigenvalue weighted by molar-refractivity contribution is 0.154. The molecular weight excluding hydrogens is 559 g/mol. The highest BCUT2D eigenvalue weighted by Gasteiger charge is 2.19. The van der Waals surface area contributed by atoms with Crippen molar-refractivity contribution in [2.45, 2.75) is 38.2 Å². The molecule has 44 heavy (non-hydrogen) atoms. The van der Waals surface area contributed by atoms with Crippen molar-refractivity contribution in [2.24, 2.45) is 0 Å². The molecule has 1 aromatic carbocycles. The van der Waals surface area contributed by atoms with Gasteiger partial charge in [-0.3, -0.25) is 20.1 Å². The predicted molar refractivity (Wildman–Crippen MR) is 167 cm³/mol. The average Bonchev–Trinajstić information content (AvgIpc) is 3.65. The lowest BCUT2D eigenvalue weighted by atomic mass is 9.98. The average molecular weight is 593 g/mol. The summed E-state index contributed by atoms with van der Waals surface area (Å²) >= 11 is 0. The molecule has 0 atom stereocenters. The smallest absolute Gasteiger partial charge is 0.159 e. The minimum atomic E-state index is -0.392. The number of nitrogens with zero attached hydrogens (tertiary/aromatic N) is 6. The number of nitrogens with one attached hydrogen (secondary N) is 2. The van der Waals surface area contributed by atoms with Gasteiger partial charge in [0.25, 0.3) is 0 Å². The molecule has 0 spiro atoms. The molecule has 0 saturated heterocycles. The SMILES string of the molecule is CN(C)CCOc1cc(F)cc(-c2cncc3[nH]c(-c4n[nH]c5cnc(-c6cncc(OC7CCCCC7)c6)cc45)nc23)c1. The molecule has 1 saturated carbocycles. The van der Waals surface area contributed by atoms with Crippen molar-refractivity contribution in [1.82, 2.24) is 40.0 Å². The Balaban J connectivity index is 1.21. The van der Waals surface area contributed by atoms with Crippen molar-refractivity contribution in [2.75, 3.05) is 27.2 Å². The zero-order chi connectivity index (χ0) is 30.0. The van der Waals surface area contributed by atoms with E-state index in [4.69, 9.17) is 14.5 Å². The van der Waals surface area contributed by atoms with Gasteiger partial charge in [-0.25, -0.2) is 9.37 Å². The third kappa shape index (κ3) is 5.83. The number of likely N-dealkylation sites (N-methyl/N-ethyl adjacent to an activating group) is 1. The van der Waals surface area contributed by atoms with Gasteiger partial charge in [0.2, 0.25) is 0 Å². The van der Waals surface area contributed by atoms with Crippen molar-refractivity contribution in [3.8, 4) is 45.4 Å². The summed E-state index contributed by atoms with van der Waals surface area (Å²) in [6, 6.07) is 8.63. The molecule has 1 fully saturated rings. The molecule has 0 bridgehead atoms. The van der Waals surface area contributed by atoms with Gasteiger partial charge >= 0.3 is 0 Å². The number of H-pyrrole nitrogens is 2. The van der Waals surface area contributed by atoms with Crippen molar-refractivity contribution < 1.29 is 13.9 Å². The summed E-state index contributed by atoms with van der Waals surface area (Å²) in [6.45, 7) is 1.17. The number of aromatic nitrogens is 7. The number of aromatic amines is 2. The summed E-state index contributed by atoms with van der Waals surface area (Å²) < 4.78 is 26.7. The van der Waals surface area contributed by atoms with Gasteiger partial charge in [0.05, 0.1) is 46.9 Å². The normalized spacial score (nSPS) is 14.1. The van der Waals surface area contributed by atoms with Crippen LogP contribution in [-0.2, 0) is 0 Å². The van der Waals surface area contributed by atoms with Crippen LogP contribution in [0.25, 0.3) is 55.8 Å². The standard InChI is InChI=1S/C33H33FN8O2/c1-42(2)8-9-43-24-11-20(10-22(34)13-24)27-17-36-18-30-31(27)39-33(38-30)32-26-14-28(37-19-29(26)40-41-32)21-12-25(16-35-15-21)44-23-6-4-3-5-7-23/h10-19,23H,3-9H2,1-2H3,(H,38,39)(H,40,41). The van der Waals surface area contributed by atoms with Gasteiger partial charge < -0.3 is 19.4 Å². The molecule has 224 valence electrons. The van der Waals surface area contributed by atoms with Crippen LogP contribution in [0.5, 0.6) is 11.5 Å². The molecule has 10 nitrogen and oxygen atoms in total. The zero-order valence-corrected chi connectivity index (χ0v) is 24.7. The highest BCUT2D eigenvalue weighted by molar-refractivity contribution is 5.97. The topological polar surface area (TPSA) is 118 Å². The van der Waals surface area contributed by atoms with E-state index in [2.05, 4.69) is 30.1 Å². The third-order valence-corrected chi connectivity index (χ3v) is 7.92. The van der Waals surface area contributed by atoms with E-state index in [-0.39, 0.29) is 6.10 Å². The molecule has 5 aromatic heterocycles. The Labute approximate surface area is 253 Å². The van der Waals surface area contributed by atoms with E-state index in [1.807, 2.05) is 37.2 Å². The molecule has 11 heteroatoms. The van der Waals surface area contributed by atoms with E-state index in [9.17, 15) is 4.39 Å². The highest BCUT2D eigenvalue weighted by atomic mass is 19.1. The Hall–Kier alpha value is -4.90.